The molecule has 2 aromatic rings. The Bertz CT molecular complexity index is 953. The van der Waals surface area contributed by atoms with Crippen LogP contribution < -0.4 is 0 Å². The second-order valence-corrected chi connectivity index (χ2v) is 6.45. The fourth-order valence-electron chi connectivity index (χ4n) is 2.29. The van der Waals surface area contributed by atoms with E-state index >= 15 is 0 Å². The maximum Gasteiger partial charge on any atom is 0.324 e. The van der Waals surface area contributed by atoms with Gasteiger partial charge in [0.15, 0.2) is 0 Å². The number of rotatable bonds is 4. The van der Waals surface area contributed by atoms with Crippen LogP contribution >= 0.6 is 0 Å². The van der Waals surface area contributed by atoms with Crippen LogP contribution in [0.5, 0.6) is 5.75 Å². The smallest absolute Gasteiger partial charge is 0.324 e. The van der Waals surface area contributed by atoms with Crippen molar-refractivity contribution in [1.82, 2.24) is 0 Å². The summed E-state index contributed by atoms with van der Waals surface area (Å²) in [6, 6.07) is 10.9. The van der Waals surface area contributed by atoms with E-state index in [1.807, 2.05) is 44.2 Å². The summed E-state index contributed by atoms with van der Waals surface area (Å²) in [5.41, 5.74) is -2.07. The quantitative estimate of drug-likeness (QED) is 0.596. The minimum atomic E-state index is -1.21. The maximum absolute atomic E-state index is 10.4. The zero-order valence-electron chi connectivity index (χ0n) is 15.3. The van der Waals surface area contributed by atoms with Gasteiger partial charge in [-0.3, -0.25) is 30.3 Å². The van der Waals surface area contributed by atoms with Crippen LogP contribution in [0.4, 0.5) is 17.1 Å². The first-order valence-electron chi connectivity index (χ1n) is 8.11. The van der Waals surface area contributed by atoms with Gasteiger partial charge in [0.25, 0.3) is 11.4 Å². The number of non-ortho nitro benzene ring substituents is 1. The summed E-state index contributed by atoms with van der Waals surface area (Å²) in [6.45, 7) is 4.84. The number of hydrogen-bond acceptors (Lipinski definition) is 9. The molecule has 0 radical (unpaired) electrons. The van der Waals surface area contributed by atoms with E-state index in [-0.39, 0.29) is 5.60 Å². The Hall–Kier alpha value is -4.09. The van der Waals surface area contributed by atoms with Crippen LogP contribution in [0.2, 0.25) is 0 Å². The van der Waals surface area contributed by atoms with Crippen molar-refractivity contribution < 1.29 is 24.6 Å². The number of benzene rings is 2. The summed E-state index contributed by atoms with van der Waals surface area (Å²) >= 11 is 0. The van der Waals surface area contributed by atoms with Crippen molar-refractivity contribution in [2.45, 2.75) is 19.4 Å². The molecule has 0 atom stereocenters. The molecule has 1 aliphatic rings. The topological polar surface area (TPSA) is 171 Å². The van der Waals surface area contributed by atoms with E-state index in [9.17, 15) is 30.3 Å². The van der Waals surface area contributed by atoms with Gasteiger partial charge in [-0.15, -0.1) is 0 Å². The molecule has 1 aliphatic heterocycles. The second kappa shape index (κ2) is 8.29. The molecule has 0 bridgehead atoms. The van der Waals surface area contributed by atoms with Gasteiger partial charge in [0.1, 0.15) is 5.60 Å². The Morgan fingerprint density at radius 1 is 0.966 bits per heavy atom. The van der Waals surface area contributed by atoms with Crippen molar-refractivity contribution in [3.8, 4) is 5.75 Å². The summed E-state index contributed by atoms with van der Waals surface area (Å²) in [5, 5.41) is 40.2. The molecule has 0 unspecified atom stereocenters. The predicted molar refractivity (Wildman–Crippen MR) is 101 cm³/mol. The van der Waals surface area contributed by atoms with Crippen molar-refractivity contribution in [3.05, 3.63) is 78.4 Å². The van der Waals surface area contributed by atoms with Crippen molar-refractivity contribution in [2.24, 2.45) is 4.99 Å². The van der Waals surface area contributed by atoms with E-state index in [1.54, 1.807) is 0 Å². The number of nitro groups is 3. The zero-order chi connectivity index (χ0) is 21.8. The van der Waals surface area contributed by atoms with E-state index in [1.165, 1.54) is 0 Å². The first-order chi connectivity index (χ1) is 13.5. The largest absolute Gasteiger partial charge is 0.497 e. The zero-order valence-corrected chi connectivity index (χ0v) is 15.3. The summed E-state index contributed by atoms with van der Waals surface area (Å²) in [4.78, 5) is 32.1. The van der Waals surface area contributed by atoms with Gasteiger partial charge in [0.2, 0.25) is 5.90 Å². The van der Waals surface area contributed by atoms with Crippen molar-refractivity contribution in [3.63, 3.8) is 0 Å². The molecule has 1 N–H and O–H groups in total. The van der Waals surface area contributed by atoms with E-state index in [0.29, 0.717) is 12.1 Å². The van der Waals surface area contributed by atoms with E-state index in [2.05, 4.69) is 4.99 Å². The van der Waals surface area contributed by atoms with Gasteiger partial charge in [-0.05, 0) is 26.0 Å². The van der Waals surface area contributed by atoms with Crippen LogP contribution in [0.1, 0.15) is 19.4 Å². The van der Waals surface area contributed by atoms with Crippen molar-refractivity contribution in [2.75, 3.05) is 6.54 Å². The average molecular weight is 404 g/mol. The lowest BCUT2D eigenvalue weighted by molar-refractivity contribution is -0.404. The molecule has 12 nitrogen and oxygen atoms in total. The molecule has 0 fully saturated rings. The molecule has 152 valence electrons. The molecule has 2 aromatic carbocycles. The number of nitrogens with zero attached hydrogens (tertiary/aromatic N) is 4. The molecule has 0 saturated heterocycles. The molecule has 12 heteroatoms. The van der Waals surface area contributed by atoms with E-state index in [0.717, 1.165) is 18.0 Å². The number of ether oxygens (including phenoxy) is 1. The van der Waals surface area contributed by atoms with Gasteiger partial charge >= 0.3 is 11.4 Å². The molecule has 0 saturated carbocycles. The third-order valence-corrected chi connectivity index (χ3v) is 3.66. The van der Waals surface area contributed by atoms with Crippen molar-refractivity contribution in [1.29, 1.82) is 0 Å². The molecule has 29 heavy (non-hydrogen) atoms. The Labute approximate surface area is 163 Å². The molecule has 0 amide bonds. The van der Waals surface area contributed by atoms with Gasteiger partial charge in [-0.25, -0.2) is 4.99 Å². The standard InChI is InChI=1S/C11H13NO.C6H3N3O7/c1-11(2)8-12-10(13-11)9-6-4-3-5-7-9;10-6-4(8(13)14)1-3(7(11)12)2-5(6)9(15)16/h3-7H,8H2,1-2H3;1-2,10H. The molecular formula is C17H16N4O8. The van der Waals surface area contributed by atoms with Gasteiger partial charge in [0.05, 0.1) is 33.4 Å². The van der Waals surface area contributed by atoms with E-state index < -0.39 is 37.6 Å². The first-order valence-corrected chi connectivity index (χ1v) is 8.11. The maximum atomic E-state index is 10.4. The Kier molecular flexibility index (Phi) is 6.06. The number of nitro benzene ring substituents is 3. The van der Waals surface area contributed by atoms with Gasteiger partial charge in [-0.1, -0.05) is 18.2 Å². The summed E-state index contributed by atoms with van der Waals surface area (Å²) in [6.07, 6.45) is 0. The molecule has 0 spiro atoms. The van der Waals surface area contributed by atoms with Crippen LogP contribution in [0.25, 0.3) is 0 Å². The lowest BCUT2D eigenvalue weighted by atomic mass is 10.1. The molecular weight excluding hydrogens is 388 g/mol. The Morgan fingerprint density at radius 3 is 1.86 bits per heavy atom. The third-order valence-electron chi connectivity index (χ3n) is 3.66. The number of aliphatic imine (C=N–C) groups is 1. The summed E-state index contributed by atoms with van der Waals surface area (Å²) in [5.74, 6) is -0.439. The van der Waals surface area contributed by atoms with E-state index in [4.69, 9.17) is 9.84 Å². The average Bonchev–Trinajstić information content (AvgIpc) is 3.02. The number of phenols is 1. The van der Waals surface area contributed by atoms with Crippen LogP contribution in [0.3, 0.4) is 0 Å². The summed E-state index contributed by atoms with van der Waals surface area (Å²) in [7, 11) is 0. The van der Waals surface area contributed by atoms with Gasteiger partial charge in [-0.2, -0.15) is 0 Å². The minimum absolute atomic E-state index is 0.134. The van der Waals surface area contributed by atoms with Gasteiger partial charge in [0, 0.05) is 5.56 Å². The monoisotopic (exact) mass is 404 g/mol. The summed E-state index contributed by atoms with van der Waals surface area (Å²) < 4.78 is 5.68. The highest BCUT2D eigenvalue weighted by molar-refractivity contribution is 5.95. The molecule has 0 aromatic heterocycles. The van der Waals surface area contributed by atoms with Crippen LogP contribution in [-0.4, -0.2) is 37.9 Å². The predicted octanol–water partition coefficient (Wildman–Crippen LogP) is 3.36. The van der Waals surface area contributed by atoms with Crippen LogP contribution in [0.15, 0.2) is 47.5 Å². The highest BCUT2D eigenvalue weighted by Gasteiger charge is 2.30. The molecule has 3 rings (SSSR count). The van der Waals surface area contributed by atoms with Crippen molar-refractivity contribution >= 4 is 23.0 Å². The third kappa shape index (κ3) is 5.22. The number of aromatic hydroxyl groups is 1. The number of hydrogen-bond donors (Lipinski definition) is 1. The highest BCUT2D eigenvalue weighted by Crippen LogP contribution is 2.38. The fraction of sp³-hybridized carbons (Fsp3) is 0.235. The first kappa shape index (κ1) is 21.2. The fourth-order valence-corrected chi connectivity index (χ4v) is 2.29. The molecule has 0 aliphatic carbocycles. The lowest BCUT2D eigenvalue weighted by Crippen LogP contribution is -2.24. The second-order valence-electron chi connectivity index (χ2n) is 6.45. The SMILES string of the molecule is CC1(C)CN=C(c2ccccc2)O1.O=[N+]([O-])c1cc([N+](=O)[O-])c(O)c([N+](=O)[O-])c1. The number of phenolic OH excluding ortho intramolecular Hbond substituents is 1. The molecule has 1 heterocycles. The normalized spacial score (nSPS) is 14.1. The Morgan fingerprint density at radius 2 is 1.48 bits per heavy atom. The van der Waals surface area contributed by atoms with Gasteiger partial charge < -0.3 is 9.84 Å². The van der Waals surface area contributed by atoms with Crippen LogP contribution in [-0.2, 0) is 4.74 Å². The minimum Gasteiger partial charge on any atom is -0.497 e. The Balaban J connectivity index is 0.000000211. The van der Waals surface area contributed by atoms with Crippen LogP contribution in [0, 0.1) is 30.3 Å². The highest BCUT2D eigenvalue weighted by atomic mass is 16.6. The lowest BCUT2D eigenvalue weighted by Gasteiger charge is -2.17.